The Labute approximate surface area is 140 Å². The minimum atomic E-state index is -3.58. The second kappa shape index (κ2) is 6.17. The minimum absolute atomic E-state index is 0.0697. The van der Waals surface area contributed by atoms with E-state index in [4.69, 9.17) is 5.26 Å². The molecular formula is C17H19FN2O3S. The quantitative estimate of drug-likeness (QED) is 0.650. The number of hydrogen-bond acceptors (Lipinski definition) is 4. The molecular weight excluding hydrogens is 331 g/mol. The molecule has 0 aliphatic heterocycles. The van der Waals surface area contributed by atoms with Crippen molar-refractivity contribution in [1.82, 2.24) is 5.32 Å². The molecule has 1 aromatic rings. The Bertz CT molecular complexity index is 779. The van der Waals surface area contributed by atoms with Crippen LogP contribution in [0.4, 0.5) is 4.39 Å². The summed E-state index contributed by atoms with van der Waals surface area (Å²) in [7, 11) is -3.58. The van der Waals surface area contributed by atoms with Crippen LogP contribution in [0.1, 0.15) is 25.7 Å². The summed E-state index contributed by atoms with van der Waals surface area (Å²) in [6, 6.07) is 6.64. The van der Waals surface area contributed by atoms with Crippen molar-refractivity contribution in [3.8, 4) is 6.07 Å². The third-order valence-electron chi connectivity index (χ3n) is 5.16. The lowest BCUT2D eigenvalue weighted by Crippen LogP contribution is -2.35. The minimum Gasteiger partial charge on any atom is -0.343 e. The van der Waals surface area contributed by atoms with Crippen LogP contribution in [-0.2, 0) is 14.6 Å². The number of nitrogens with zero attached hydrogens (tertiary/aromatic N) is 1. The average molecular weight is 350 g/mol. The maximum absolute atomic E-state index is 13.0. The van der Waals surface area contributed by atoms with Crippen LogP contribution in [0.25, 0.3) is 0 Å². The van der Waals surface area contributed by atoms with E-state index in [1.807, 2.05) is 6.07 Å². The molecule has 2 saturated carbocycles. The summed E-state index contributed by atoms with van der Waals surface area (Å²) >= 11 is 0. The van der Waals surface area contributed by atoms with E-state index in [0.717, 1.165) is 31.4 Å². The van der Waals surface area contributed by atoms with Crippen molar-refractivity contribution in [2.75, 3.05) is 12.3 Å². The predicted molar refractivity (Wildman–Crippen MR) is 85.0 cm³/mol. The second-order valence-electron chi connectivity index (χ2n) is 6.89. The predicted octanol–water partition coefficient (Wildman–Crippen LogP) is 2.05. The molecule has 2 aliphatic rings. The lowest BCUT2D eigenvalue weighted by atomic mass is 9.97. The van der Waals surface area contributed by atoms with Crippen molar-refractivity contribution in [2.45, 2.75) is 30.6 Å². The smallest absolute Gasteiger partial charge is 0.224 e. The molecule has 0 saturated heterocycles. The van der Waals surface area contributed by atoms with Crippen LogP contribution in [0.15, 0.2) is 29.2 Å². The molecule has 5 nitrogen and oxygen atoms in total. The zero-order valence-corrected chi connectivity index (χ0v) is 14.0. The van der Waals surface area contributed by atoms with Crippen LogP contribution >= 0.6 is 0 Å². The fourth-order valence-electron chi connectivity index (χ4n) is 3.76. The van der Waals surface area contributed by atoms with Crippen molar-refractivity contribution in [2.24, 2.45) is 17.3 Å². The van der Waals surface area contributed by atoms with Gasteiger partial charge in [-0.2, -0.15) is 5.26 Å². The largest absolute Gasteiger partial charge is 0.343 e. The number of halogens is 1. The fourth-order valence-corrected chi connectivity index (χ4v) is 5.42. The van der Waals surface area contributed by atoms with E-state index in [2.05, 4.69) is 5.32 Å². The van der Waals surface area contributed by atoms with Crippen LogP contribution in [0, 0.1) is 34.4 Å². The molecule has 0 radical (unpaired) electrons. The third kappa shape index (κ3) is 3.44. The van der Waals surface area contributed by atoms with E-state index in [0.29, 0.717) is 6.42 Å². The van der Waals surface area contributed by atoms with E-state index < -0.39 is 15.7 Å². The van der Waals surface area contributed by atoms with Crippen LogP contribution in [0.2, 0.25) is 0 Å². The molecule has 0 unspecified atom stereocenters. The Balaban J connectivity index is 1.77. The van der Waals surface area contributed by atoms with E-state index in [1.54, 1.807) is 0 Å². The topological polar surface area (TPSA) is 87.0 Å². The SMILES string of the molecule is N#CCNC(=O)[C@H]1CC2(CC2)C[C@@H]1CS(=O)(=O)c1ccc(F)cc1. The molecule has 1 N–H and O–H groups in total. The summed E-state index contributed by atoms with van der Waals surface area (Å²) in [5, 5.41) is 11.2. The molecule has 1 spiro atoms. The zero-order chi connectivity index (χ0) is 17.4. The Morgan fingerprint density at radius 1 is 1.29 bits per heavy atom. The first-order valence-corrected chi connectivity index (χ1v) is 9.63. The lowest BCUT2D eigenvalue weighted by molar-refractivity contribution is -0.125. The van der Waals surface area contributed by atoms with E-state index >= 15 is 0 Å². The highest BCUT2D eigenvalue weighted by Gasteiger charge is 2.55. The van der Waals surface area contributed by atoms with Gasteiger partial charge in [-0.05, 0) is 61.3 Å². The average Bonchev–Trinajstić information content (AvgIpc) is 3.19. The molecule has 128 valence electrons. The summed E-state index contributed by atoms with van der Waals surface area (Å²) < 4.78 is 38.2. The summed E-state index contributed by atoms with van der Waals surface area (Å²) in [5.74, 6) is -1.48. The molecule has 2 atom stereocenters. The van der Waals surface area contributed by atoms with Gasteiger partial charge in [0.25, 0.3) is 0 Å². The summed E-state index contributed by atoms with van der Waals surface area (Å²) in [6.45, 7) is -0.0697. The van der Waals surface area contributed by atoms with Gasteiger partial charge in [-0.3, -0.25) is 4.79 Å². The van der Waals surface area contributed by atoms with Gasteiger partial charge < -0.3 is 5.32 Å². The molecule has 1 aromatic carbocycles. The monoisotopic (exact) mass is 350 g/mol. The molecule has 0 heterocycles. The first-order valence-electron chi connectivity index (χ1n) is 7.98. The molecule has 24 heavy (non-hydrogen) atoms. The van der Waals surface area contributed by atoms with Gasteiger partial charge in [0.1, 0.15) is 12.4 Å². The van der Waals surface area contributed by atoms with Gasteiger partial charge in [-0.25, -0.2) is 12.8 Å². The lowest BCUT2D eigenvalue weighted by Gasteiger charge is -2.18. The summed E-state index contributed by atoms with van der Waals surface area (Å²) in [6.07, 6.45) is 3.47. The molecule has 3 rings (SSSR count). The maximum atomic E-state index is 13.0. The first-order chi connectivity index (χ1) is 11.4. The van der Waals surface area contributed by atoms with Crippen LogP contribution < -0.4 is 5.32 Å². The zero-order valence-electron chi connectivity index (χ0n) is 13.2. The summed E-state index contributed by atoms with van der Waals surface area (Å²) in [5.41, 5.74) is 0.109. The third-order valence-corrected chi connectivity index (χ3v) is 7.02. The van der Waals surface area contributed by atoms with Gasteiger partial charge in [-0.1, -0.05) is 0 Å². The van der Waals surface area contributed by atoms with Crippen LogP contribution in [0.5, 0.6) is 0 Å². The molecule has 7 heteroatoms. The van der Waals surface area contributed by atoms with Crippen molar-refractivity contribution in [1.29, 1.82) is 5.26 Å². The maximum Gasteiger partial charge on any atom is 0.224 e. The van der Waals surface area contributed by atoms with E-state index in [1.165, 1.54) is 12.1 Å². The number of carbonyl (C=O) groups is 1. The van der Waals surface area contributed by atoms with Crippen molar-refractivity contribution >= 4 is 15.7 Å². The standard InChI is InChI=1S/C17H19FN2O3S/c18-13-1-3-14(4-2-13)24(22,23)11-12-9-17(5-6-17)10-15(12)16(21)20-8-7-19/h1-4,12,15H,5-6,8-11H2,(H,20,21)/t12-,15+/m1/s1. The highest BCUT2D eigenvalue weighted by atomic mass is 32.2. The number of rotatable bonds is 5. The number of benzene rings is 1. The Hall–Kier alpha value is -1.94. The fraction of sp³-hybridized carbons (Fsp3) is 0.529. The van der Waals surface area contributed by atoms with Crippen molar-refractivity contribution in [3.63, 3.8) is 0 Å². The van der Waals surface area contributed by atoms with Crippen LogP contribution in [-0.4, -0.2) is 26.6 Å². The molecule has 0 bridgehead atoms. The van der Waals surface area contributed by atoms with Gasteiger partial charge >= 0.3 is 0 Å². The van der Waals surface area contributed by atoms with Crippen LogP contribution in [0.3, 0.4) is 0 Å². The van der Waals surface area contributed by atoms with Gasteiger partial charge in [0.05, 0.1) is 16.7 Å². The molecule has 2 fully saturated rings. The van der Waals surface area contributed by atoms with E-state index in [-0.39, 0.29) is 40.4 Å². The van der Waals surface area contributed by atoms with Gasteiger partial charge in [0.15, 0.2) is 9.84 Å². The first kappa shape index (κ1) is 16.9. The number of carbonyl (C=O) groups excluding carboxylic acids is 1. The van der Waals surface area contributed by atoms with Gasteiger partial charge in [0.2, 0.25) is 5.91 Å². The van der Waals surface area contributed by atoms with Crippen molar-refractivity contribution < 1.29 is 17.6 Å². The van der Waals surface area contributed by atoms with Gasteiger partial charge in [-0.15, -0.1) is 0 Å². The molecule has 1 amide bonds. The number of nitrogens with one attached hydrogen (secondary N) is 1. The highest BCUT2D eigenvalue weighted by Crippen LogP contribution is 2.61. The number of nitriles is 1. The number of hydrogen-bond donors (Lipinski definition) is 1. The highest BCUT2D eigenvalue weighted by molar-refractivity contribution is 7.91. The second-order valence-corrected chi connectivity index (χ2v) is 8.92. The van der Waals surface area contributed by atoms with Crippen molar-refractivity contribution in [3.05, 3.63) is 30.1 Å². The Kier molecular flexibility index (Phi) is 4.35. The molecule has 0 aromatic heterocycles. The molecule has 2 aliphatic carbocycles. The normalized spacial score (nSPS) is 24.5. The Morgan fingerprint density at radius 3 is 2.54 bits per heavy atom. The number of sulfone groups is 1. The van der Waals surface area contributed by atoms with E-state index in [9.17, 15) is 17.6 Å². The number of amides is 1. The van der Waals surface area contributed by atoms with Gasteiger partial charge in [0, 0.05) is 5.92 Å². The summed E-state index contributed by atoms with van der Waals surface area (Å²) in [4.78, 5) is 12.4. The Morgan fingerprint density at radius 2 is 1.96 bits per heavy atom.